The number of hydrogen-bond acceptors (Lipinski definition) is 3. The van der Waals surface area contributed by atoms with Gasteiger partial charge >= 0.3 is 0 Å². The van der Waals surface area contributed by atoms with Gasteiger partial charge in [-0.1, -0.05) is 6.92 Å². The van der Waals surface area contributed by atoms with Crippen molar-refractivity contribution in [3.8, 4) is 5.75 Å². The van der Waals surface area contributed by atoms with E-state index < -0.39 is 0 Å². The normalized spacial score (nSPS) is 15.0. The van der Waals surface area contributed by atoms with Crippen molar-refractivity contribution < 1.29 is 4.74 Å². The summed E-state index contributed by atoms with van der Waals surface area (Å²) in [5.41, 5.74) is 7.64. The first-order valence-corrected chi connectivity index (χ1v) is 5.58. The van der Waals surface area contributed by atoms with E-state index in [1.54, 1.807) is 0 Å². The number of ether oxygens (including phenoxy) is 1. The summed E-state index contributed by atoms with van der Waals surface area (Å²) >= 11 is 0. The molecule has 0 saturated heterocycles. The summed E-state index contributed by atoms with van der Waals surface area (Å²) in [5, 5.41) is 3.41. The zero-order valence-electron chi connectivity index (χ0n) is 9.12. The van der Waals surface area contributed by atoms with Gasteiger partial charge in [-0.2, -0.15) is 0 Å². The molecule has 0 heterocycles. The fraction of sp³-hybridized carbons (Fsp3) is 0.500. The Morgan fingerprint density at radius 1 is 1.40 bits per heavy atom. The molecule has 0 spiro atoms. The topological polar surface area (TPSA) is 47.3 Å². The van der Waals surface area contributed by atoms with Crippen LogP contribution in [0.4, 0.5) is 11.4 Å². The predicted molar refractivity (Wildman–Crippen MR) is 63.3 cm³/mol. The van der Waals surface area contributed by atoms with Crippen LogP contribution in [0.2, 0.25) is 0 Å². The van der Waals surface area contributed by atoms with Crippen molar-refractivity contribution in [2.24, 2.45) is 0 Å². The standard InChI is InChI=1S/C12H18N2O/c1-2-5-15-12-7-9(13)6-11(8-12)14-10-3-4-10/h6-8,10,14H,2-5,13H2,1H3. The predicted octanol–water partition coefficient (Wildman–Crippen LogP) is 2.63. The van der Waals surface area contributed by atoms with E-state index in [0.717, 1.165) is 30.2 Å². The maximum atomic E-state index is 5.81. The van der Waals surface area contributed by atoms with E-state index in [9.17, 15) is 0 Å². The lowest BCUT2D eigenvalue weighted by molar-refractivity contribution is 0.318. The van der Waals surface area contributed by atoms with Crippen LogP contribution in [0.15, 0.2) is 18.2 Å². The lowest BCUT2D eigenvalue weighted by atomic mass is 10.2. The molecule has 1 aromatic carbocycles. The lowest BCUT2D eigenvalue weighted by Crippen LogP contribution is -2.03. The van der Waals surface area contributed by atoms with Crippen LogP contribution in [0, 0.1) is 0 Å². The molecule has 1 fully saturated rings. The summed E-state index contributed by atoms with van der Waals surface area (Å²) in [6, 6.07) is 6.49. The summed E-state index contributed by atoms with van der Waals surface area (Å²) in [7, 11) is 0. The van der Waals surface area contributed by atoms with Gasteiger partial charge in [0, 0.05) is 29.5 Å². The average molecular weight is 206 g/mol. The highest BCUT2D eigenvalue weighted by atomic mass is 16.5. The maximum absolute atomic E-state index is 5.81. The molecule has 0 radical (unpaired) electrons. The van der Waals surface area contributed by atoms with Gasteiger partial charge in [0.2, 0.25) is 0 Å². The van der Waals surface area contributed by atoms with Gasteiger partial charge in [-0.05, 0) is 25.3 Å². The zero-order valence-corrected chi connectivity index (χ0v) is 9.12. The quantitative estimate of drug-likeness (QED) is 0.728. The molecule has 0 amide bonds. The molecule has 3 N–H and O–H groups in total. The zero-order chi connectivity index (χ0) is 10.7. The van der Waals surface area contributed by atoms with E-state index >= 15 is 0 Å². The molecule has 0 aromatic heterocycles. The third kappa shape index (κ3) is 3.05. The smallest absolute Gasteiger partial charge is 0.123 e. The highest BCUT2D eigenvalue weighted by Crippen LogP contribution is 2.28. The molecule has 0 aliphatic heterocycles. The Bertz CT molecular complexity index is 334. The van der Waals surface area contributed by atoms with Gasteiger partial charge in [-0.3, -0.25) is 0 Å². The van der Waals surface area contributed by atoms with Crippen molar-refractivity contribution in [2.45, 2.75) is 32.2 Å². The van der Waals surface area contributed by atoms with Crippen molar-refractivity contribution in [1.82, 2.24) is 0 Å². The SMILES string of the molecule is CCCOc1cc(N)cc(NC2CC2)c1. The fourth-order valence-corrected chi connectivity index (χ4v) is 1.47. The molecular weight excluding hydrogens is 188 g/mol. The van der Waals surface area contributed by atoms with Gasteiger partial charge in [0.1, 0.15) is 5.75 Å². The minimum atomic E-state index is 0.644. The third-order valence-corrected chi connectivity index (χ3v) is 2.35. The minimum absolute atomic E-state index is 0.644. The second-order valence-corrected chi connectivity index (χ2v) is 4.06. The second kappa shape index (κ2) is 4.43. The van der Waals surface area contributed by atoms with Crippen LogP contribution in [0.5, 0.6) is 5.75 Å². The first-order chi connectivity index (χ1) is 7.28. The van der Waals surface area contributed by atoms with Gasteiger partial charge in [0.05, 0.1) is 6.61 Å². The number of nitrogens with two attached hydrogens (primary N) is 1. The molecule has 2 rings (SSSR count). The van der Waals surface area contributed by atoms with E-state index in [0.29, 0.717) is 6.04 Å². The van der Waals surface area contributed by atoms with E-state index in [-0.39, 0.29) is 0 Å². The Balaban J connectivity index is 2.05. The van der Waals surface area contributed by atoms with Gasteiger partial charge in [0.25, 0.3) is 0 Å². The fourth-order valence-electron chi connectivity index (χ4n) is 1.47. The van der Waals surface area contributed by atoms with Crippen molar-refractivity contribution in [1.29, 1.82) is 0 Å². The van der Waals surface area contributed by atoms with Crippen LogP contribution in [-0.4, -0.2) is 12.6 Å². The van der Waals surface area contributed by atoms with Crippen LogP contribution in [0.3, 0.4) is 0 Å². The van der Waals surface area contributed by atoms with Gasteiger partial charge in [-0.15, -0.1) is 0 Å². The molecule has 0 unspecified atom stereocenters. The van der Waals surface area contributed by atoms with E-state index in [2.05, 4.69) is 12.2 Å². The Hall–Kier alpha value is -1.38. The number of rotatable bonds is 5. The summed E-state index contributed by atoms with van der Waals surface area (Å²) in [5.74, 6) is 0.861. The molecule has 82 valence electrons. The number of hydrogen-bond donors (Lipinski definition) is 2. The summed E-state index contributed by atoms with van der Waals surface area (Å²) in [6.45, 7) is 2.84. The first kappa shape index (κ1) is 10.1. The number of nitrogens with one attached hydrogen (secondary N) is 1. The Morgan fingerprint density at radius 3 is 2.87 bits per heavy atom. The van der Waals surface area contributed by atoms with Crippen LogP contribution in [0.25, 0.3) is 0 Å². The molecule has 1 aliphatic rings. The molecule has 1 aromatic rings. The van der Waals surface area contributed by atoms with Gasteiger partial charge in [0.15, 0.2) is 0 Å². The first-order valence-electron chi connectivity index (χ1n) is 5.58. The Labute approximate surface area is 90.6 Å². The van der Waals surface area contributed by atoms with Crippen LogP contribution < -0.4 is 15.8 Å². The largest absolute Gasteiger partial charge is 0.493 e. The van der Waals surface area contributed by atoms with Crippen LogP contribution in [0.1, 0.15) is 26.2 Å². The molecule has 1 saturated carbocycles. The monoisotopic (exact) mass is 206 g/mol. The summed E-state index contributed by atoms with van der Waals surface area (Å²) < 4.78 is 5.56. The van der Waals surface area contributed by atoms with Gasteiger partial charge in [-0.25, -0.2) is 0 Å². The number of nitrogen functional groups attached to an aromatic ring is 1. The van der Waals surface area contributed by atoms with E-state index in [4.69, 9.17) is 10.5 Å². The highest BCUT2D eigenvalue weighted by Gasteiger charge is 2.20. The highest BCUT2D eigenvalue weighted by molar-refractivity contribution is 5.59. The Kier molecular flexibility index (Phi) is 2.99. The molecule has 0 atom stereocenters. The maximum Gasteiger partial charge on any atom is 0.123 e. The average Bonchev–Trinajstić information content (AvgIpc) is 2.98. The molecule has 15 heavy (non-hydrogen) atoms. The van der Waals surface area contributed by atoms with E-state index in [1.165, 1.54) is 12.8 Å². The number of benzene rings is 1. The summed E-state index contributed by atoms with van der Waals surface area (Å²) in [4.78, 5) is 0. The second-order valence-electron chi connectivity index (χ2n) is 4.06. The van der Waals surface area contributed by atoms with Crippen LogP contribution in [-0.2, 0) is 0 Å². The van der Waals surface area contributed by atoms with Crippen molar-refractivity contribution in [3.05, 3.63) is 18.2 Å². The van der Waals surface area contributed by atoms with Crippen molar-refractivity contribution in [3.63, 3.8) is 0 Å². The molecule has 1 aliphatic carbocycles. The Morgan fingerprint density at radius 2 is 2.20 bits per heavy atom. The molecular formula is C12H18N2O. The number of anilines is 2. The molecule has 3 nitrogen and oxygen atoms in total. The van der Waals surface area contributed by atoms with Gasteiger partial charge < -0.3 is 15.8 Å². The van der Waals surface area contributed by atoms with Crippen molar-refractivity contribution >= 4 is 11.4 Å². The molecule has 0 bridgehead atoms. The van der Waals surface area contributed by atoms with Crippen molar-refractivity contribution in [2.75, 3.05) is 17.7 Å². The molecule has 3 heteroatoms. The minimum Gasteiger partial charge on any atom is -0.493 e. The third-order valence-electron chi connectivity index (χ3n) is 2.35. The van der Waals surface area contributed by atoms with E-state index in [1.807, 2.05) is 18.2 Å². The summed E-state index contributed by atoms with van der Waals surface area (Å²) in [6.07, 6.45) is 3.54. The lowest BCUT2D eigenvalue weighted by Gasteiger charge is -2.10. The van der Waals surface area contributed by atoms with Crippen LogP contribution >= 0.6 is 0 Å².